The summed E-state index contributed by atoms with van der Waals surface area (Å²) in [6, 6.07) is 0.355. The summed E-state index contributed by atoms with van der Waals surface area (Å²) in [5.41, 5.74) is 1.27. The quantitative estimate of drug-likeness (QED) is 0.570. The first-order valence-electron chi connectivity index (χ1n) is 4.12. The Bertz CT molecular complexity index is 172. The molecule has 0 heterocycles. The van der Waals surface area contributed by atoms with Crippen LogP contribution in [0.15, 0.2) is 12.2 Å². The summed E-state index contributed by atoms with van der Waals surface area (Å²) in [6.45, 7) is 5.49. The highest BCUT2D eigenvalue weighted by Crippen LogP contribution is 2.21. The van der Waals surface area contributed by atoms with Crippen molar-refractivity contribution in [2.45, 2.75) is 38.6 Å². The zero-order valence-corrected chi connectivity index (χ0v) is 7.02. The van der Waals surface area contributed by atoms with Gasteiger partial charge in [0.2, 0.25) is 5.91 Å². The van der Waals surface area contributed by atoms with E-state index in [1.807, 2.05) is 0 Å². The van der Waals surface area contributed by atoms with Crippen molar-refractivity contribution in [1.29, 1.82) is 0 Å². The van der Waals surface area contributed by atoms with E-state index < -0.39 is 0 Å². The second-order valence-corrected chi connectivity index (χ2v) is 3.24. The van der Waals surface area contributed by atoms with Crippen LogP contribution in [-0.2, 0) is 4.79 Å². The second kappa shape index (κ2) is 3.56. The highest BCUT2D eigenvalue weighted by atomic mass is 16.1. The number of amides is 1. The molecule has 1 fully saturated rings. The summed E-state index contributed by atoms with van der Waals surface area (Å²) in [5, 5.41) is 2.91. The first-order valence-corrected chi connectivity index (χ1v) is 4.12. The Kier molecular flexibility index (Phi) is 2.69. The van der Waals surface area contributed by atoms with Gasteiger partial charge in [0.25, 0.3) is 0 Å². The Morgan fingerprint density at radius 1 is 1.73 bits per heavy atom. The first kappa shape index (κ1) is 8.31. The van der Waals surface area contributed by atoms with Crippen LogP contribution in [-0.4, -0.2) is 11.9 Å². The van der Waals surface area contributed by atoms with Gasteiger partial charge in [-0.25, -0.2) is 0 Å². The Balaban J connectivity index is 2.34. The van der Waals surface area contributed by atoms with Crippen LogP contribution in [0.2, 0.25) is 0 Å². The third kappa shape index (κ3) is 2.74. The predicted molar refractivity (Wildman–Crippen MR) is 45.2 cm³/mol. The van der Waals surface area contributed by atoms with Crippen LogP contribution < -0.4 is 5.32 Å². The minimum Gasteiger partial charge on any atom is -0.353 e. The second-order valence-electron chi connectivity index (χ2n) is 3.24. The molecule has 0 saturated heterocycles. The molecule has 1 amide bonds. The molecule has 1 rings (SSSR count). The van der Waals surface area contributed by atoms with Crippen molar-refractivity contribution in [3.8, 4) is 0 Å². The van der Waals surface area contributed by atoms with E-state index in [-0.39, 0.29) is 5.91 Å². The van der Waals surface area contributed by atoms with Gasteiger partial charge in [-0.15, -0.1) is 0 Å². The maximum absolute atomic E-state index is 10.7. The van der Waals surface area contributed by atoms with Crippen LogP contribution in [0.4, 0.5) is 0 Å². The molecule has 1 N–H and O–H groups in total. The molecule has 0 bridgehead atoms. The molecule has 1 unspecified atom stereocenters. The number of carbonyl (C=O) groups is 1. The van der Waals surface area contributed by atoms with E-state index in [0.29, 0.717) is 6.04 Å². The van der Waals surface area contributed by atoms with E-state index in [0.717, 1.165) is 19.3 Å². The molecule has 0 aromatic carbocycles. The van der Waals surface area contributed by atoms with Gasteiger partial charge in [-0.3, -0.25) is 4.79 Å². The molecule has 0 aromatic heterocycles. The standard InChI is InChI=1S/C9H15NO/c1-7-4-3-5-9(6-7)10-8(2)11/h9H,1,3-6H2,2H3,(H,10,11). The van der Waals surface area contributed by atoms with E-state index in [1.54, 1.807) is 6.92 Å². The van der Waals surface area contributed by atoms with E-state index in [1.165, 1.54) is 12.0 Å². The molecule has 0 spiro atoms. The lowest BCUT2D eigenvalue weighted by Crippen LogP contribution is -2.34. The molecule has 62 valence electrons. The molecule has 1 atom stereocenters. The van der Waals surface area contributed by atoms with Gasteiger partial charge in [0, 0.05) is 13.0 Å². The maximum Gasteiger partial charge on any atom is 0.217 e. The fraction of sp³-hybridized carbons (Fsp3) is 0.667. The van der Waals surface area contributed by atoms with E-state index in [2.05, 4.69) is 11.9 Å². The zero-order valence-electron chi connectivity index (χ0n) is 7.02. The van der Waals surface area contributed by atoms with Crippen molar-refractivity contribution in [3.05, 3.63) is 12.2 Å². The predicted octanol–water partition coefficient (Wildman–Crippen LogP) is 1.62. The lowest BCUT2D eigenvalue weighted by Gasteiger charge is -2.23. The van der Waals surface area contributed by atoms with Gasteiger partial charge in [0.1, 0.15) is 0 Å². The normalized spacial score (nSPS) is 24.8. The highest BCUT2D eigenvalue weighted by Gasteiger charge is 2.15. The van der Waals surface area contributed by atoms with Crippen LogP contribution in [0.1, 0.15) is 32.6 Å². The third-order valence-corrected chi connectivity index (χ3v) is 2.03. The Hall–Kier alpha value is -0.790. The summed E-state index contributed by atoms with van der Waals surface area (Å²) >= 11 is 0. The summed E-state index contributed by atoms with van der Waals surface area (Å²) in [6.07, 6.45) is 4.39. The van der Waals surface area contributed by atoms with E-state index in [9.17, 15) is 4.79 Å². The Morgan fingerprint density at radius 3 is 3.00 bits per heavy atom. The topological polar surface area (TPSA) is 29.1 Å². The summed E-state index contributed by atoms with van der Waals surface area (Å²) in [5.74, 6) is 0.0738. The first-order chi connectivity index (χ1) is 5.18. The zero-order chi connectivity index (χ0) is 8.27. The van der Waals surface area contributed by atoms with E-state index in [4.69, 9.17) is 0 Å². The van der Waals surface area contributed by atoms with Gasteiger partial charge >= 0.3 is 0 Å². The van der Waals surface area contributed by atoms with Gasteiger partial charge in [-0.2, -0.15) is 0 Å². The number of hydrogen-bond donors (Lipinski definition) is 1. The minimum atomic E-state index is 0.0738. The van der Waals surface area contributed by atoms with Crippen molar-refractivity contribution in [3.63, 3.8) is 0 Å². The van der Waals surface area contributed by atoms with Crippen LogP contribution in [0.5, 0.6) is 0 Å². The summed E-state index contributed by atoms with van der Waals surface area (Å²) in [7, 11) is 0. The van der Waals surface area contributed by atoms with Gasteiger partial charge in [0.05, 0.1) is 0 Å². The smallest absolute Gasteiger partial charge is 0.217 e. The Morgan fingerprint density at radius 2 is 2.45 bits per heavy atom. The highest BCUT2D eigenvalue weighted by molar-refractivity contribution is 5.73. The number of hydrogen-bond acceptors (Lipinski definition) is 1. The van der Waals surface area contributed by atoms with Crippen molar-refractivity contribution in [1.82, 2.24) is 5.32 Å². The number of carbonyl (C=O) groups excluding carboxylic acids is 1. The molecular weight excluding hydrogens is 138 g/mol. The average Bonchev–Trinajstić information content (AvgIpc) is 1.85. The van der Waals surface area contributed by atoms with Crippen molar-refractivity contribution >= 4 is 5.91 Å². The van der Waals surface area contributed by atoms with Crippen LogP contribution in [0.3, 0.4) is 0 Å². The van der Waals surface area contributed by atoms with Crippen molar-refractivity contribution in [2.24, 2.45) is 0 Å². The molecule has 0 radical (unpaired) electrons. The molecule has 0 aliphatic heterocycles. The molecule has 2 heteroatoms. The summed E-state index contributed by atoms with van der Waals surface area (Å²) < 4.78 is 0. The fourth-order valence-electron chi connectivity index (χ4n) is 1.56. The van der Waals surface area contributed by atoms with Gasteiger partial charge in [0.15, 0.2) is 0 Å². The SMILES string of the molecule is C=C1CCCC(NC(C)=O)C1. The van der Waals surface area contributed by atoms with Gasteiger partial charge in [-0.1, -0.05) is 12.2 Å². The van der Waals surface area contributed by atoms with Crippen molar-refractivity contribution < 1.29 is 4.79 Å². The molecule has 1 saturated carbocycles. The molecule has 11 heavy (non-hydrogen) atoms. The van der Waals surface area contributed by atoms with Crippen LogP contribution in [0, 0.1) is 0 Å². The van der Waals surface area contributed by atoms with E-state index >= 15 is 0 Å². The molecule has 1 aliphatic carbocycles. The lowest BCUT2D eigenvalue weighted by atomic mass is 9.92. The van der Waals surface area contributed by atoms with Gasteiger partial charge < -0.3 is 5.32 Å². The number of rotatable bonds is 1. The maximum atomic E-state index is 10.7. The third-order valence-electron chi connectivity index (χ3n) is 2.03. The molecule has 1 aliphatic rings. The summed E-state index contributed by atoms with van der Waals surface area (Å²) in [4.78, 5) is 10.7. The monoisotopic (exact) mass is 153 g/mol. The number of nitrogens with one attached hydrogen (secondary N) is 1. The van der Waals surface area contributed by atoms with Crippen LogP contribution >= 0.6 is 0 Å². The van der Waals surface area contributed by atoms with Gasteiger partial charge in [-0.05, 0) is 25.7 Å². The van der Waals surface area contributed by atoms with Crippen LogP contribution in [0.25, 0.3) is 0 Å². The Labute approximate surface area is 67.7 Å². The molecule has 2 nitrogen and oxygen atoms in total. The minimum absolute atomic E-state index is 0.0738. The van der Waals surface area contributed by atoms with Crippen molar-refractivity contribution in [2.75, 3.05) is 0 Å². The average molecular weight is 153 g/mol. The molecular formula is C9H15NO. The largest absolute Gasteiger partial charge is 0.353 e. The fourth-order valence-corrected chi connectivity index (χ4v) is 1.56. The lowest BCUT2D eigenvalue weighted by molar-refractivity contribution is -0.119. The molecule has 0 aromatic rings.